The van der Waals surface area contributed by atoms with Crippen LogP contribution < -0.4 is 5.73 Å². The molecule has 2 heterocycles. The number of aromatic nitrogens is 2. The monoisotopic (exact) mass is 441 g/mol. The van der Waals surface area contributed by atoms with Crippen molar-refractivity contribution in [3.63, 3.8) is 0 Å². The van der Waals surface area contributed by atoms with Crippen molar-refractivity contribution in [1.29, 1.82) is 0 Å². The number of benzene rings is 1. The van der Waals surface area contributed by atoms with Crippen molar-refractivity contribution in [2.45, 2.75) is 30.7 Å². The van der Waals surface area contributed by atoms with E-state index >= 15 is 0 Å². The number of pyridine rings is 1. The summed E-state index contributed by atoms with van der Waals surface area (Å²) in [6.45, 7) is 0.0945. The topological polar surface area (TPSA) is 115 Å². The van der Waals surface area contributed by atoms with E-state index in [-0.39, 0.29) is 35.9 Å². The van der Waals surface area contributed by atoms with E-state index in [1.165, 1.54) is 28.2 Å². The standard InChI is InChI=1S/C18H17Cl2N3O4S/c19-14-5-4-13(8-11(14)10-21)28(26,27)23-12(2-1-3-18(24)25)9-15-16(23)6-7-17(20)22-15/h4-9H,1-3,10,21H2,(H,24,25). The molecule has 0 saturated heterocycles. The molecule has 0 bridgehead atoms. The molecule has 28 heavy (non-hydrogen) atoms. The Hall–Kier alpha value is -2.13. The van der Waals surface area contributed by atoms with Gasteiger partial charge in [-0.3, -0.25) is 4.79 Å². The van der Waals surface area contributed by atoms with E-state index < -0.39 is 16.0 Å². The average molecular weight is 442 g/mol. The molecule has 0 aliphatic heterocycles. The van der Waals surface area contributed by atoms with Crippen LogP contribution in [0.4, 0.5) is 0 Å². The van der Waals surface area contributed by atoms with E-state index in [4.69, 9.17) is 34.0 Å². The highest BCUT2D eigenvalue weighted by Crippen LogP contribution is 2.29. The van der Waals surface area contributed by atoms with Crippen LogP contribution in [0, 0.1) is 0 Å². The van der Waals surface area contributed by atoms with Crippen molar-refractivity contribution in [3.05, 3.63) is 57.8 Å². The van der Waals surface area contributed by atoms with Gasteiger partial charge in [-0.1, -0.05) is 23.2 Å². The van der Waals surface area contributed by atoms with Gasteiger partial charge in [-0.15, -0.1) is 0 Å². The van der Waals surface area contributed by atoms with Crippen LogP contribution in [0.1, 0.15) is 24.1 Å². The highest BCUT2D eigenvalue weighted by atomic mass is 35.5. The SMILES string of the molecule is NCc1cc(S(=O)(=O)n2c(CCCC(=O)O)cc3nc(Cl)ccc32)ccc1Cl. The molecule has 0 aliphatic rings. The molecular formula is C18H17Cl2N3O4S. The first kappa shape index (κ1) is 20.6. The second kappa shape index (κ2) is 8.08. The smallest absolute Gasteiger partial charge is 0.303 e. The van der Waals surface area contributed by atoms with Gasteiger partial charge in [0.1, 0.15) is 5.15 Å². The molecule has 1 aromatic carbocycles. The van der Waals surface area contributed by atoms with Crippen LogP contribution in [0.5, 0.6) is 0 Å². The zero-order chi connectivity index (χ0) is 20.5. The molecular weight excluding hydrogens is 425 g/mol. The van der Waals surface area contributed by atoms with Crippen LogP contribution in [-0.4, -0.2) is 28.5 Å². The van der Waals surface area contributed by atoms with E-state index in [9.17, 15) is 13.2 Å². The number of carboxylic acids is 1. The number of fused-ring (bicyclic) bond motifs is 1. The van der Waals surface area contributed by atoms with Crippen molar-refractivity contribution in [3.8, 4) is 0 Å². The lowest BCUT2D eigenvalue weighted by Gasteiger charge is -2.13. The molecule has 0 amide bonds. The van der Waals surface area contributed by atoms with Gasteiger partial charge < -0.3 is 10.8 Å². The predicted molar refractivity (Wildman–Crippen MR) is 107 cm³/mol. The van der Waals surface area contributed by atoms with Gasteiger partial charge in [0.15, 0.2) is 0 Å². The summed E-state index contributed by atoms with van der Waals surface area (Å²) in [7, 11) is -3.99. The molecule has 0 spiro atoms. The molecule has 148 valence electrons. The molecule has 3 rings (SSSR count). The van der Waals surface area contributed by atoms with Gasteiger partial charge in [0, 0.05) is 23.7 Å². The molecule has 3 N–H and O–H groups in total. The lowest BCUT2D eigenvalue weighted by Crippen LogP contribution is -2.16. The molecule has 2 aromatic heterocycles. The van der Waals surface area contributed by atoms with Crippen molar-refractivity contribution in [1.82, 2.24) is 8.96 Å². The molecule has 0 radical (unpaired) electrons. The summed E-state index contributed by atoms with van der Waals surface area (Å²) in [4.78, 5) is 15.0. The van der Waals surface area contributed by atoms with Crippen molar-refractivity contribution >= 4 is 50.2 Å². The van der Waals surface area contributed by atoms with Crippen molar-refractivity contribution < 1.29 is 18.3 Å². The fourth-order valence-electron chi connectivity index (χ4n) is 2.94. The van der Waals surface area contributed by atoms with Gasteiger partial charge in [0.05, 0.1) is 15.9 Å². The molecule has 10 heteroatoms. The van der Waals surface area contributed by atoms with Crippen LogP contribution in [0.25, 0.3) is 11.0 Å². The number of aliphatic carboxylic acids is 1. The van der Waals surface area contributed by atoms with Gasteiger partial charge in [0.25, 0.3) is 10.0 Å². The summed E-state index contributed by atoms with van der Waals surface area (Å²) in [5, 5.41) is 9.50. The quantitative estimate of drug-likeness (QED) is 0.542. The number of carbonyl (C=O) groups is 1. The number of rotatable bonds is 7. The van der Waals surface area contributed by atoms with Crippen LogP contribution in [0.15, 0.2) is 41.3 Å². The Bertz CT molecular complexity index is 1160. The van der Waals surface area contributed by atoms with Gasteiger partial charge in [-0.25, -0.2) is 17.4 Å². The van der Waals surface area contributed by atoms with E-state index in [2.05, 4.69) is 4.98 Å². The number of nitrogens with two attached hydrogens (primary N) is 1. The predicted octanol–water partition coefficient (Wildman–Crippen LogP) is 3.45. The van der Waals surface area contributed by atoms with Gasteiger partial charge in [-0.05, 0) is 54.8 Å². The minimum Gasteiger partial charge on any atom is -0.481 e. The normalized spacial score (nSPS) is 11.8. The number of hydrogen-bond acceptors (Lipinski definition) is 5. The Morgan fingerprint density at radius 3 is 2.61 bits per heavy atom. The van der Waals surface area contributed by atoms with Gasteiger partial charge in [-0.2, -0.15) is 0 Å². The summed E-state index contributed by atoms with van der Waals surface area (Å²) in [6, 6.07) is 9.02. The Labute approximate surface area is 171 Å². The zero-order valence-electron chi connectivity index (χ0n) is 14.6. The van der Waals surface area contributed by atoms with Crippen LogP contribution in [-0.2, 0) is 27.8 Å². The van der Waals surface area contributed by atoms with Crippen LogP contribution in [0.2, 0.25) is 10.2 Å². The molecule has 3 aromatic rings. The molecule has 0 fully saturated rings. The summed E-state index contributed by atoms with van der Waals surface area (Å²) in [5.74, 6) is -0.947. The number of nitrogens with zero attached hydrogens (tertiary/aromatic N) is 2. The third-order valence-corrected chi connectivity index (χ3v) is 6.59. The minimum atomic E-state index is -3.99. The molecule has 0 unspecified atom stereocenters. The fourth-order valence-corrected chi connectivity index (χ4v) is 4.90. The Morgan fingerprint density at radius 1 is 1.18 bits per heavy atom. The summed E-state index contributed by atoms with van der Waals surface area (Å²) < 4.78 is 28.0. The van der Waals surface area contributed by atoms with Gasteiger partial charge in [0.2, 0.25) is 0 Å². The molecule has 0 saturated carbocycles. The molecule has 7 nitrogen and oxygen atoms in total. The number of aryl methyl sites for hydroxylation is 1. The van der Waals surface area contributed by atoms with E-state index in [1.54, 1.807) is 12.1 Å². The third-order valence-electron chi connectivity index (χ3n) is 4.25. The third kappa shape index (κ3) is 4.00. The maximum Gasteiger partial charge on any atom is 0.303 e. The molecule has 0 atom stereocenters. The zero-order valence-corrected chi connectivity index (χ0v) is 16.9. The first-order chi connectivity index (χ1) is 13.2. The van der Waals surface area contributed by atoms with Crippen molar-refractivity contribution in [2.75, 3.05) is 0 Å². The van der Waals surface area contributed by atoms with E-state index in [0.29, 0.717) is 27.3 Å². The second-order valence-corrected chi connectivity index (χ2v) is 8.73. The maximum atomic E-state index is 13.4. The first-order valence-electron chi connectivity index (χ1n) is 8.37. The van der Waals surface area contributed by atoms with Gasteiger partial charge >= 0.3 is 5.97 Å². The lowest BCUT2D eigenvalue weighted by atomic mass is 10.2. The highest BCUT2D eigenvalue weighted by molar-refractivity contribution is 7.90. The number of carboxylic acid groups (broad SMARTS) is 1. The summed E-state index contributed by atoms with van der Waals surface area (Å²) in [5.41, 5.74) is 7.35. The maximum absolute atomic E-state index is 13.4. The number of halogens is 2. The minimum absolute atomic E-state index is 0.0317. The van der Waals surface area contributed by atoms with Crippen molar-refractivity contribution in [2.24, 2.45) is 5.73 Å². The fraction of sp³-hybridized carbons (Fsp3) is 0.222. The number of hydrogen-bond donors (Lipinski definition) is 2. The summed E-state index contributed by atoms with van der Waals surface area (Å²) in [6.07, 6.45) is 0.453. The largest absolute Gasteiger partial charge is 0.481 e. The summed E-state index contributed by atoms with van der Waals surface area (Å²) >= 11 is 12.0. The van der Waals surface area contributed by atoms with E-state index in [0.717, 1.165) is 0 Å². The first-order valence-corrected chi connectivity index (χ1v) is 10.6. The Balaban J connectivity index is 2.17. The Kier molecular flexibility index (Phi) is 5.95. The molecule has 0 aliphatic carbocycles. The van der Waals surface area contributed by atoms with Crippen LogP contribution >= 0.6 is 23.2 Å². The van der Waals surface area contributed by atoms with E-state index in [1.807, 2.05) is 0 Å². The second-order valence-electron chi connectivity index (χ2n) is 6.15. The van der Waals surface area contributed by atoms with Crippen LogP contribution in [0.3, 0.4) is 0 Å². The Morgan fingerprint density at radius 2 is 1.93 bits per heavy atom. The lowest BCUT2D eigenvalue weighted by molar-refractivity contribution is -0.137. The average Bonchev–Trinajstić information content (AvgIpc) is 2.99. The highest BCUT2D eigenvalue weighted by Gasteiger charge is 2.24.